The molecule has 7 heteroatoms. The third kappa shape index (κ3) is 3.68. The molecule has 0 saturated carbocycles. The molecule has 1 heterocycles. The maximum Gasteiger partial charge on any atom is 0.264 e. The number of rotatable bonds is 4. The third-order valence-electron chi connectivity index (χ3n) is 5.32. The minimum atomic E-state index is -3.64. The smallest absolute Gasteiger partial charge is 0.264 e. The monoisotopic (exact) mass is 440 g/mol. The first-order chi connectivity index (χ1) is 14.3. The molecular formula is C23H21ClN2O3S. The van der Waals surface area contributed by atoms with Crippen LogP contribution in [0.25, 0.3) is 0 Å². The van der Waals surface area contributed by atoms with Crippen LogP contribution in [-0.4, -0.2) is 20.9 Å². The van der Waals surface area contributed by atoms with Crippen molar-refractivity contribution in [2.24, 2.45) is 0 Å². The quantitative estimate of drug-likeness (QED) is 0.623. The molecule has 0 unspecified atom stereocenters. The Morgan fingerprint density at radius 1 is 1.03 bits per heavy atom. The van der Waals surface area contributed by atoms with Gasteiger partial charge in [-0.2, -0.15) is 0 Å². The molecule has 0 saturated heterocycles. The van der Waals surface area contributed by atoms with Crippen molar-refractivity contribution in [3.8, 4) is 0 Å². The third-order valence-corrected chi connectivity index (χ3v) is 7.56. The summed E-state index contributed by atoms with van der Waals surface area (Å²) in [5.41, 5.74) is 4.37. The summed E-state index contributed by atoms with van der Waals surface area (Å²) in [4.78, 5) is 13.0. The number of anilines is 2. The van der Waals surface area contributed by atoms with Crippen molar-refractivity contribution in [3.63, 3.8) is 0 Å². The molecule has 0 atom stereocenters. The number of nitrogens with zero attached hydrogens (tertiary/aromatic N) is 1. The number of benzene rings is 3. The normalized spacial score (nSPS) is 13.2. The number of hydrogen-bond donors (Lipinski definition) is 1. The van der Waals surface area contributed by atoms with Crippen LogP contribution in [0.3, 0.4) is 0 Å². The van der Waals surface area contributed by atoms with Gasteiger partial charge in [-0.1, -0.05) is 35.4 Å². The van der Waals surface area contributed by atoms with Crippen molar-refractivity contribution in [2.75, 3.05) is 16.2 Å². The lowest BCUT2D eigenvalue weighted by Crippen LogP contribution is -2.29. The van der Waals surface area contributed by atoms with Gasteiger partial charge in [0.05, 0.1) is 10.6 Å². The number of carbonyl (C=O) groups excluding carboxylic acids is 1. The van der Waals surface area contributed by atoms with Gasteiger partial charge in [0, 0.05) is 22.8 Å². The summed E-state index contributed by atoms with van der Waals surface area (Å²) in [6, 6.07) is 17.3. The van der Waals surface area contributed by atoms with Crippen LogP contribution < -0.4 is 9.62 Å². The van der Waals surface area contributed by atoms with Crippen molar-refractivity contribution in [1.29, 1.82) is 0 Å². The molecule has 4 rings (SSSR count). The van der Waals surface area contributed by atoms with E-state index in [4.69, 9.17) is 11.6 Å². The summed E-state index contributed by atoms with van der Waals surface area (Å²) in [5.74, 6) is -0.261. The summed E-state index contributed by atoms with van der Waals surface area (Å²) in [7, 11) is -3.64. The molecule has 154 valence electrons. The highest BCUT2D eigenvalue weighted by molar-refractivity contribution is 7.92. The Hall–Kier alpha value is -2.83. The van der Waals surface area contributed by atoms with Gasteiger partial charge >= 0.3 is 0 Å². The fourth-order valence-corrected chi connectivity index (χ4v) is 5.21. The molecule has 30 heavy (non-hydrogen) atoms. The van der Waals surface area contributed by atoms with E-state index in [1.165, 1.54) is 4.31 Å². The van der Waals surface area contributed by atoms with E-state index >= 15 is 0 Å². The zero-order valence-corrected chi connectivity index (χ0v) is 18.2. The number of sulfonamides is 1. The minimum absolute atomic E-state index is 0.261. The zero-order valence-electron chi connectivity index (χ0n) is 16.6. The molecule has 0 fully saturated rings. The van der Waals surface area contributed by atoms with Crippen molar-refractivity contribution in [3.05, 3.63) is 87.9 Å². The zero-order chi connectivity index (χ0) is 21.5. The van der Waals surface area contributed by atoms with Gasteiger partial charge in [-0.15, -0.1) is 0 Å². The van der Waals surface area contributed by atoms with Crippen molar-refractivity contribution < 1.29 is 13.2 Å². The molecule has 3 aromatic carbocycles. The number of amides is 1. The lowest BCUT2D eigenvalue weighted by atomic mass is 10.1. The first-order valence-electron chi connectivity index (χ1n) is 9.56. The van der Waals surface area contributed by atoms with Gasteiger partial charge in [0.25, 0.3) is 15.9 Å². The Balaban J connectivity index is 1.60. The number of halogens is 1. The van der Waals surface area contributed by atoms with E-state index < -0.39 is 10.0 Å². The molecule has 1 amide bonds. The van der Waals surface area contributed by atoms with Gasteiger partial charge in [-0.3, -0.25) is 9.10 Å². The second kappa shape index (κ2) is 7.78. The summed E-state index contributed by atoms with van der Waals surface area (Å²) >= 11 is 6.12. The molecule has 0 aromatic heterocycles. The van der Waals surface area contributed by atoms with E-state index in [-0.39, 0.29) is 10.8 Å². The maximum atomic E-state index is 13.1. The second-order valence-electron chi connectivity index (χ2n) is 7.35. The Morgan fingerprint density at radius 2 is 1.77 bits per heavy atom. The van der Waals surface area contributed by atoms with Gasteiger partial charge in [0.15, 0.2) is 0 Å². The predicted octanol–water partition coefficient (Wildman–Crippen LogP) is 4.96. The standard InChI is InChI=1S/C23H21ClN2O3S/c1-15-6-9-19(10-7-15)30(28,29)26-13-12-17-14-18(8-11-22(17)26)23(27)25-21-5-3-4-20(24)16(21)2/h3-11,14H,12-13H2,1-2H3,(H,25,27). The SMILES string of the molecule is Cc1ccc(S(=O)(=O)N2CCc3cc(C(=O)Nc4cccc(Cl)c4C)ccc32)cc1. The highest BCUT2D eigenvalue weighted by atomic mass is 35.5. The van der Waals surface area contributed by atoms with Crippen LogP contribution in [0.5, 0.6) is 0 Å². The Labute approximate surface area is 181 Å². The summed E-state index contributed by atoms with van der Waals surface area (Å²) in [6.07, 6.45) is 0.553. The molecule has 1 N–H and O–H groups in total. The average molecular weight is 441 g/mol. The molecule has 0 spiro atoms. The van der Waals surface area contributed by atoms with Crippen LogP contribution in [0, 0.1) is 13.8 Å². The fraction of sp³-hybridized carbons (Fsp3) is 0.174. The van der Waals surface area contributed by atoms with Gasteiger partial charge in [-0.05, 0) is 73.9 Å². The number of nitrogens with one attached hydrogen (secondary N) is 1. The molecule has 0 bridgehead atoms. The van der Waals surface area contributed by atoms with Gasteiger partial charge in [0.2, 0.25) is 0 Å². The Morgan fingerprint density at radius 3 is 2.50 bits per heavy atom. The van der Waals surface area contributed by atoms with Crippen molar-refractivity contribution >= 4 is 38.9 Å². The number of aryl methyl sites for hydroxylation is 1. The van der Waals surface area contributed by atoms with Gasteiger partial charge in [0.1, 0.15) is 0 Å². The first kappa shape index (κ1) is 20.4. The number of hydrogen-bond acceptors (Lipinski definition) is 3. The average Bonchev–Trinajstić information content (AvgIpc) is 3.16. The highest BCUT2D eigenvalue weighted by Crippen LogP contribution is 2.34. The number of carbonyl (C=O) groups is 1. The van der Waals surface area contributed by atoms with E-state index in [9.17, 15) is 13.2 Å². The van der Waals surface area contributed by atoms with E-state index in [2.05, 4.69) is 5.32 Å². The molecule has 0 radical (unpaired) electrons. The van der Waals surface area contributed by atoms with E-state index in [1.807, 2.05) is 13.8 Å². The van der Waals surface area contributed by atoms with Crippen LogP contribution in [0.2, 0.25) is 5.02 Å². The molecule has 3 aromatic rings. The molecular weight excluding hydrogens is 420 g/mol. The van der Waals surface area contributed by atoms with E-state index in [0.29, 0.717) is 34.9 Å². The van der Waals surface area contributed by atoms with Crippen LogP contribution in [0.1, 0.15) is 27.0 Å². The number of fused-ring (bicyclic) bond motifs is 1. The molecule has 0 aliphatic carbocycles. The molecule has 1 aliphatic heterocycles. The van der Waals surface area contributed by atoms with E-state index in [1.54, 1.807) is 60.7 Å². The lowest BCUT2D eigenvalue weighted by molar-refractivity contribution is 0.102. The maximum absolute atomic E-state index is 13.1. The Bertz CT molecular complexity index is 1240. The minimum Gasteiger partial charge on any atom is -0.322 e. The van der Waals surface area contributed by atoms with E-state index in [0.717, 1.165) is 16.7 Å². The Kier molecular flexibility index (Phi) is 5.30. The summed E-state index contributed by atoms with van der Waals surface area (Å²) in [6.45, 7) is 4.11. The van der Waals surface area contributed by atoms with Crippen LogP contribution in [0.4, 0.5) is 11.4 Å². The molecule has 1 aliphatic rings. The van der Waals surface area contributed by atoms with Crippen molar-refractivity contribution in [2.45, 2.75) is 25.2 Å². The fourth-order valence-electron chi connectivity index (χ4n) is 3.54. The largest absolute Gasteiger partial charge is 0.322 e. The first-order valence-corrected chi connectivity index (χ1v) is 11.4. The van der Waals surface area contributed by atoms with Crippen LogP contribution in [-0.2, 0) is 16.4 Å². The molecule has 5 nitrogen and oxygen atoms in total. The topological polar surface area (TPSA) is 66.5 Å². The van der Waals surface area contributed by atoms with Gasteiger partial charge in [-0.25, -0.2) is 8.42 Å². The second-order valence-corrected chi connectivity index (χ2v) is 9.62. The van der Waals surface area contributed by atoms with Gasteiger partial charge < -0.3 is 5.32 Å². The lowest BCUT2D eigenvalue weighted by Gasteiger charge is -2.20. The van der Waals surface area contributed by atoms with Crippen LogP contribution in [0.15, 0.2) is 65.6 Å². The summed E-state index contributed by atoms with van der Waals surface area (Å²) in [5, 5.41) is 3.46. The highest BCUT2D eigenvalue weighted by Gasteiger charge is 2.31. The summed E-state index contributed by atoms with van der Waals surface area (Å²) < 4.78 is 27.6. The predicted molar refractivity (Wildman–Crippen MR) is 120 cm³/mol. The van der Waals surface area contributed by atoms with Crippen molar-refractivity contribution in [1.82, 2.24) is 0 Å². The van der Waals surface area contributed by atoms with Crippen LogP contribution >= 0.6 is 11.6 Å².